The Labute approximate surface area is 262 Å². The van der Waals surface area contributed by atoms with Crippen LogP contribution in [0, 0.1) is 50.5 Å². The summed E-state index contributed by atoms with van der Waals surface area (Å²) < 4.78 is 10.5. The zero-order valence-electron chi connectivity index (χ0n) is 25.9. The molecule has 0 bridgehead atoms. The van der Waals surface area contributed by atoms with Gasteiger partial charge in [0.1, 0.15) is 19.8 Å². The summed E-state index contributed by atoms with van der Waals surface area (Å²) in [5.41, 5.74) is 1.54. The minimum atomic E-state index is -0.873. The summed E-state index contributed by atoms with van der Waals surface area (Å²) in [7, 11) is 0. The van der Waals surface area contributed by atoms with Crippen molar-refractivity contribution in [2.75, 3.05) is 6.61 Å². The number of nitrogens with zero attached hydrogens (tertiary/aromatic N) is 1. The van der Waals surface area contributed by atoms with Gasteiger partial charge in [0.15, 0.2) is 11.6 Å². The van der Waals surface area contributed by atoms with Gasteiger partial charge in [0, 0.05) is 17.3 Å². The minimum Gasteiger partial charge on any atom is -0.461 e. The van der Waals surface area contributed by atoms with Crippen LogP contribution in [0.5, 0.6) is 0 Å². The first-order chi connectivity index (χ1) is 21.3. The van der Waals surface area contributed by atoms with Gasteiger partial charge in [-0.2, -0.15) is 0 Å². The van der Waals surface area contributed by atoms with Crippen LogP contribution in [0.25, 0.3) is 0 Å². The predicted molar refractivity (Wildman–Crippen MR) is 159 cm³/mol. The predicted octanol–water partition coefficient (Wildman–Crippen LogP) is 4.47. The highest BCUT2D eigenvalue weighted by Gasteiger charge is 2.64. The van der Waals surface area contributed by atoms with Gasteiger partial charge in [-0.3, -0.25) is 19.2 Å². The summed E-state index contributed by atoms with van der Waals surface area (Å²) in [6.07, 6.45) is 7.26. The van der Waals surface area contributed by atoms with Crippen LogP contribution < -0.4 is 0 Å². The molecule has 0 aliphatic heterocycles. The minimum absolute atomic E-state index is 0.00476. The molecule has 8 atom stereocenters. The Morgan fingerprint density at radius 2 is 1.69 bits per heavy atom. The zero-order valence-corrected chi connectivity index (χ0v) is 25.9. The fraction of sp³-hybridized carbons (Fsp3) is 0.588. The number of esters is 2. The SMILES string of the molecule is CC1CC2C3CCC4=CC(=O)C=CC4(C)C3C(O)CC2(C)C1C(=O)COC(=O)CCC(=O)OCc1ccc(CO[N+](=O)[O-])cc1. The van der Waals surface area contributed by atoms with Crippen molar-refractivity contribution in [3.05, 3.63) is 69.3 Å². The molecule has 0 spiro atoms. The summed E-state index contributed by atoms with van der Waals surface area (Å²) in [5.74, 6) is -1.29. The van der Waals surface area contributed by atoms with Crippen molar-refractivity contribution in [1.29, 1.82) is 0 Å². The molecule has 3 saturated carbocycles. The number of carbonyl (C=O) groups is 4. The molecule has 0 amide bonds. The van der Waals surface area contributed by atoms with E-state index in [0.717, 1.165) is 24.8 Å². The number of ether oxygens (including phenoxy) is 2. The second-order valence-corrected chi connectivity index (χ2v) is 13.6. The zero-order chi connectivity index (χ0) is 32.5. The first-order valence-corrected chi connectivity index (χ1v) is 15.6. The van der Waals surface area contributed by atoms with Gasteiger partial charge >= 0.3 is 11.9 Å². The number of aliphatic hydroxyl groups excluding tert-OH is 1. The van der Waals surface area contributed by atoms with E-state index in [1.54, 1.807) is 36.4 Å². The molecule has 3 fully saturated rings. The van der Waals surface area contributed by atoms with Gasteiger partial charge < -0.3 is 19.4 Å². The van der Waals surface area contributed by atoms with E-state index in [9.17, 15) is 34.4 Å². The number of ketones is 2. The van der Waals surface area contributed by atoms with Crippen LogP contribution in [0.3, 0.4) is 0 Å². The first-order valence-electron chi connectivity index (χ1n) is 15.6. The van der Waals surface area contributed by atoms with E-state index in [0.29, 0.717) is 17.5 Å². The number of aliphatic hydroxyl groups is 1. The number of hydrogen-bond donors (Lipinski definition) is 1. The summed E-state index contributed by atoms with van der Waals surface area (Å²) in [5, 5.41) is 21.0. The first kappa shape index (κ1) is 32.5. The molecule has 5 rings (SSSR count). The van der Waals surface area contributed by atoms with E-state index < -0.39 is 28.5 Å². The number of allylic oxidation sites excluding steroid dienone is 4. The molecule has 0 saturated heterocycles. The molecule has 11 nitrogen and oxygen atoms in total. The maximum Gasteiger partial charge on any atom is 0.306 e. The van der Waals surface area contributed by atoms with Gasteiger partial charge in [0.05, 0.1) is 18.9 Å². The van der Waals surface area contributed by atoms with E-state index in [1.807, 2.05) is 6.08 Å². The average molecular weight is 624 g/mol. The molecule has 45 heavy (non-hydrogen) atoms. The van der Waals surface area contributed by atoms with Crippen LogP contribution >= 0.6 is 0 Å². The fourth-order valence-electron chi connectivity index (χ4n) is 8.99. The van der Waals surface area contributed by atoms with E-state index in [2.05, 4.69) is 25.6 Å². The average Bonchev–Trinajstić information content (AvgIpc) is 3.26. The molecule has 1 N–H and O–H groups in total. The van der Waals surface area contributed by atoms with Gasteiger partial charge in [0.2, 0.25) is 0 Å². The lowest BCUT2D eigenvalue weighted by Crippen LogP contribution is -2.56. The lowest BCUT2D eigenvalue weighted by molar-refractivity contribution is -0.763. The van der Waals surface area contributed by atoms with Crippen LogP contribution in [0.15, 0.2) is 48.1 Å². The highest BCUT2D eigenvalue weighted by atomic mass is 16.9. The van der Waals surface area contributed by atoms with Crippen molar-refractivity contribution < 1.29 is 43.7 Å². The summed E-state index contributed by atoms with van der Waals surface area (Å²) in [6.45, 7) is 5.70. The normalized spacial score (nSPS) is 33.2. The Kier molecular flexibility index (Phi) is 9.30. The van der Waals surface area contributed by atoms with Gasteiger partial charge in [-0.25, -0.2) is 0 Å². The molecule has 0 aromatic heterocycles. The van der Waals surface area contributed by atoms with Crippen LogP contribution in [-0.4, -0.2) is 46.4 Å². The fourth-order valence-corrected chi connectivity index (χ4v) is 8.99. The van der Waals surface area contributed by atoms with Crippen LogP contribution in [0.2, 0.25) is 0 Å². The third-order valence-corrected chi connectivity index (χ3v) is 10.9. The molecule has 4 aliphatic carbocycles. The highest BCUT2D eigenvalue weighted by molar-refractivity contribution is 6.01. The van der Waals surface area contributed by atoms with Crippen LogP contribution in [0.1, 0.15) is 70.4 Å². The molecule has 4 aliphatic rings. The number of rotatable bonds is 11. The number of hydrogen-bond acceptors (Lipinski definition) is 10. The van der Waals surface area contributed by atoms with Gasteiger partial charge in [0.25, 0.3) is 5.09 Å². The Balaban J connectivity index is 1.11. The molecule has 242 valence electrons. The number of benzene rings is 1. The highest BCUT2D eigenvalue weighted by Crippen LogP contribution is 2.67. The van der Waals surface area contributed by atoms with Gasteiger partial charge in [-0.05, 0) is 72.1 Å². The molecule has 1 aromatic rings. The third-order valence-electron chi connectivity index (χ3n) is 10.9. The molecule has 8 unspecified atom stereocenters. The van der Waals surface area contributed by atoms with E-state index in [-0.39, 0.29) is 79.2 Å². The van der Waals surface area contributed by atoms with Crippen molar-refractivity contribution in [3.63, 3.8) is 0 Å². The van der Waals surface area contributed by atoms with E-state index in [1.165, 1.54) is 0 Å². The van der Waals surface area contributed by atoms with Crippen LogP contribution in [-0.2, 0) is 46.7 Å². The molecule has 0 radical (unpaired) electrons. The quantitative estimate of drug-likeness (QED) is 0.212. The summed E-state index contributed by atoms with van der Waals surface area (Å²) >= 11 is 0. The van der Waals surface area contributed by atoms with Crippen molar-refractivity contribution >= 4 is 23.5 Å². The Bertz CT molecular complexity index is 1420. The van der Waals surface area contributed by atoms with E-state index in [4.69, 9.17) is 9.47 Å². The maximum atomic E-state index is 13.6. The number of fused-ring (bicyclic) bond motifs is 5. The number of Topliss-reactive ketones (excluding diaryl/α,β-unsaturated/α-hetero) is 1. The van der Waals surface area contributed by atoms with Crippen molar-refractivity contribution in [1.82, 2.24) is 0 Å². The molecule has 11 heteroatoms. The van der Waals surface area contributed by atoms with Crippen molar-refractivity contribution in [3.8, 4) is 0 Å². The van der Waals surface area contributed by atoms with Crippen molar-refractivity contribution in [2.45, 2.75) is 78.6 Å². The molecular formula is C34H41NO10. The molecule has 0 heterocycles. The Morgan fingerprint density at radius 3 is 2.36 bits per heavy atom. The monoisotopic (exact) mass is 623 g/mol. The second kappa shape index (κ2) is 12.9. The Hall–Kier alpha value is -3.86. The Morgan fingerprint density at radius 1 is 1.04 bits per heavy atom. The lowest BCUT2D eigenvalue weighted by atomic mass is 9.46. The topological polar surface area (TPSA) is 159 Å². The summed E-state index contributed by atoms with van der Waals surface area (Å²) in [4.78, 5) is 64.9. The number of carbonyl (C=O) groups excluding carboxylic acids is 4. The molecule has 1 aromatic carbocycles. The van der Waals surface area contributed by atoms with Crippen molar-refractivity contribution in [2.24, 2.45) is 40.4 Å². The largest absolute Gasteiger partial charge is 0.461 e. The van der Waals surface area contributed by atoms with Crippen LogP contribution in [0.4, 0.5) is 0 Å². The third kappa shape index (κ3) is 6.59. The smallest absolute Gasteiger partial charge is 0.306 e. The maximum absolute atomic E-state index is 13.6. The molecular weight excluding hydrogens is 582 g/mol. The van der Waals surface area contributed by atoms with Gasteiger partial charge in [-0.15, -0.1) is 10.1 Å². The lowest BCUT2D eigenvalue weighted by Gasteiger charge is -2.58. The van der Waals surface area contributed by atoms with Gasteiger partial charge in [-0.1, -0.05) is 56.7 Å². The standard InChI is InChI=1S/C34H41NO10/c1-20-14-26-25-9-8-23-15-24(36)12-13-33(23,2)32(25)27(37)16-34(26,3)31(20)28(38)19-44-30(40)11-10-29(39)43-17-21-4-6-22(7-5-21)18-45-35(41)42/h4-7,12-13,15,20,25-27,31-32,37H,8-11,14,16-19H2,1-3H3. The second-order valence-electron chi connectivity index (χ2n) is 13.6. The van der Waals surface area contributed by atoms with E-state index >= 15 is 0 Å². The summed E-state index contributed by atoms with van der Waals surface area (Å²) in [6, 6.07) is 6.57.